The largest absolute Gasteiger partial charge is 0.352 e. The molecule has 1 aromatic rings. The van der Waals surface area contributed by atoms with Crippen molar-refractivity contribution in [3.8, 4) is 0 Å². The Kier molecular flexibility index (Phi) is 4.11. The van der Waals surface area contributed by atoms with E-state index in [0.29, 0.717) is 18.6 Å². The molecule has 1 fully saturated rings. The van der Waals surface area contributed by atoms with Crippen molar-refractivity contribution >= 4 is 11.7 Å². The number of rotatable bonds is 2. The number of nitrogen functional groups attached to an aromatic ring is 1. The summed E-state index contributed by atoms with van der Waals surface area (Å²) < 4.78 is 0. The lowest BCUT2D eigenvalue weighted by atomic mass is 10.1. The molecule has 1 saturated heterocycles. The summed E-state index contributed by atoms with van der Waals surface area (Å²) in [7, 11) is 0. The molecule has 1 aliphatic heterocycles. The van der Waals surface area contributed by atoms with E-state index < -0.39 is 0 Å². The molecule has 0 unspecified atom stereocenters. The second-order valence-corrected chi connectivity index (χ2v) is 5.09. The molecule has 4 N–H and O–H groups in total. The molecule has 1 amide bonds. The lowest BCUT2D eigenvalue weighted by Gasteiger charge is -2.36. The molecule has 2 rings (SSSR count). The first-order valence-electron chi connectivity index (χ1n) is 6.66. The Morgan fingerprint density at radius 3 is 2.45 bits per heavy atom. The molecule has 8 nitrogen and oxygen atoms in total. The highest BCUT2D eigenvalue weighted by atomic mass is 16.2. The zero-order chi connectivity index (χ0) is 14.7. The van der Waals surface area contributed by atoms with E-state index in [9.17, 15) is 4.79 Å². The first-order valence-corrected chi connectivity index (χ1v) is 6.66. The van der Waals surface area contributed by atoms with E-state index in [4.69, 9.17) is 11.7 Å². The van der Waals surface area contributed by atoms with Gasteiger partial charge in [-0.15, -0.1) is 5.10 Å². The van der Waals surface area contributed by atoms with E-state index in [1.807, 2.05) is 24.8 Å². The number of carbonyl (C=O) groups is 1. The van der Waals surface area contributed by atoms with Crippen LogP contribution in [0.4, 0.5) is 5.82 Å². The van der Waals surface area contributed by atoms with Crippen molar-refractivity contribution in [1.82, 2.24) is 14.8 Å². The Morgan fingerprint density at radius 1 is 1.30 bits per heavy atom. The average molecular weight is 279 g/mol. The van der Waals surface area contributed by atoms with Gasteiger partial charge in [-0.25, -0.2) is 0 Å². The van der Waals surface area contributed by atoms with Gasteiger partial charge in [-0.1, -0.05) is 13.8 Å². The molecule has 20 heavy (non-hydrogen) atoms. The normalized spacial score (nSPS) is 16.9. The van der Waals surface area contributed by atoms with Gasteiger partial charge >= 0.3 is 0 Å². The molecule has 1 aliphatic rings. The predicted octanol–water partition coefficient (Wildman–Crippen LogP) is -1.32. The summed E-state index contributed by atoms with van der Waals surface area (Å²) in [6.45, 7) is 6.72. The number of hydrogen-bond acceptors (Lipinski definition) is 6. The summed E-state index contributed by atoms with van der Waals surface area (Å²) in [6.07, 6.45) is 0. The van der Waals surface area contributed by atoms with Crippen LogP contribution in [-0.2, 0) is 4.79 Å². The fourth-order valence-electron chi connectivity index (χ4n) is 2.21. The third-order valence-corrected chi connectivity index (χ3v) is 3.37. The van der Waals surface area contributed by atoms with Crippen LogP contribution >= 0.6 is 0 Å². The Bertz CT molecular complexity index is 543. The van der Waals surface area contributed by atoms with Crippen molar-refractivity contribution in [2.24, 2.45) is 16.9 Å². The van der Waals surface area contributed by atoms with Gasteiger partial charge in [-0.2, -0.15) is 9.89 Å². The standard InChI is InChI=1S/C12H21N7O/c1-9(2)12(20)18-7-5-17(6-8-18)11-4-3-10(15-13)19(14)16-11/h3-4,9H,5-8,13-14H2,1-2H3/b15-10-. The molecule has 0 saturated carbocycles. The van der Waals surface area contributed by atoms with E-state index >= 15 is 0 Å². The van der Waals surface area contributed by atoms with E-state index in [1.165, 1.54) is 0 Å². The highest BCUT2D eigenvalue weighted by Gasteiger charge is 2.23. The maximum atomic E-state index is 11.9. The van der Waals surface area contributed by atoms with Crippen LogP contribution in [0.3, 0.4) is 0 Å². The monoisotopic (exact) mass is 279 g/mol. The second-order valence-electron chi connectivity index (χ2n) is 5.09. The van der Waals surface area contributed by atoms with Gasteiger partial charge in [-0.3, -0.25) is 4.79 Å². The van der Waals surface area contributed by atoms with Crippen LogP contribution in [0, 0.1) is 5.92 Å². The van der Waals surface area contributed by atoms with Gasteiger partial charge in [0, 0.05) is 32.1 Å². The maximum Gasteiger partial charge on any atom is 0.225 e. The van der Waals surface area contributed by atoms with Crippen molar-refractivity contribution in [3.63, 3.8) is 0 Å². The summed E-state index contributed by atoms with van der Waals surface area (Å²) in [5, 5.41) is 7.73. The van der Waals surface area contributed by atoms with Crippen molar-refractivity contribution in [3.05, 3.63) is 17.6 Å². The molecule has 0 aliphatic carbocycles. The summed E-state index contributed by atoms with van der Waals surface area (Å²) in [4.78, 5) is 17.1. The Hall–Kier alpha value is -2.25. The van der Waals surface area contributed by atoms with Gasteiger partial charge in [0.15, 0.2) is 11.3 Å². The van der Waals surface area contributed by atoms with E-state index in [-0.39, 0.29) is 11.8 Å². The minimum absolute atomic E-state index is 0.0383. The van der Waals surface area contributed by atoms with Gasteiger partial charge in [0.2, 0.25) is 5.91 Å². The van der Waals surface area contributed by atoms with Gasteiger partial charge in [0.05, 0.1) is 0 Å². The molecule has 110 valence electrons. The molecule has 1 aromatic heterocycles. The smallest absolute Gasteiger partial charge is 0.225 e. The molecule has 0 atom stereocenters. The predicted molar refractivity (Wildman–Crippen MR) is 75.8 cm³/mol. The van der Waals surface area contributed by atoms with E-state index in [2.05, 4.69) is 15.1 Å². The summed E-state index contributed by atoms with van der Waals surface area (Å²) in [5.74, 6) is 11.9. The second kappa shape index (κ2) is 5.81. The quantitative estimate of drug-likeness (QED) is 0.516. The number of nitrogens with two attached hydrogens (primary N) is 2. The van der Waals surface area contributed by atoms with Gasteiger partial charge in [0.1, 0.15) is 0 Å². The van der Waals surface area contributed by atoms with E-state index in [0.717, 1.165) is 23.7 Å². The van der Waals surface area contributed by atoms with Crippen molar-refractivity contribution in [2.45, 2.75) is 13.8 Å². The van der Waals surface area contributed by atoms with Crippen LogP contribution in [0.25, 0.3) is 0 Å². The fourth-order valence-corrected chi connectivity index (χ4v) is 2.21. The first kappa shape index (κ1) is 14.2. The summed E-state index contributed by atoms with van der Waals surface area (Å²) in [6, 6.07) is 3.54. The molecular weight excluding hydrogens is 258 g/mol. The number of carbonyl (C=O) groups excluding carboxylic acids is 1. The minimum Gasteiger partial charge on any atom is -0.352 e. The Morgan fingerprint density at radius 2 is 1.95 bits per heavy atom. The number of nitrogens with zero attached hydrogens (tertiary/aromatic N) is 5. The minimum atomic E-state index is 0.0383. The Labute approximate surface area is 117 Å². The fraction of sp³-hybridized carbons (Fsp3) is 0.583. The highest BCUT2D eigenvalue weighted by Crippen LogP contribution is 2.13. The summed E-state index contributed by atoms with van der Waals surface area (Å²) >= 11 is 0. The number of anilines is 1. The maximum absolute atomic E-state index is 11.9. The van der Waals surface area contributed by atoms with E-state index in [1.54, 1.807) is 6.07 Å². The molecule has 8 heteroatoms. The van der Waals surface area contributed by atoms with Crippen molar-refractivity contribution < 1.29 is 4.79 Å². The first-order chi connectivity index (χ1) is 9.52. The SMILES string of the molecule is CC(C)C(=O)N1CCN(c2cc/c(=N/N)n(N)n2)CC1. The molecule has 0 aromatic carbocycles. The number of piperazine rings is 1. The summed E-state index contributed by atoms with van der Waals surface area (Å²) in [5.41, 5.74) is 0.405. The van der Waals surface area contributed by atoms with Crippen molar-refractivity contribution in [2.75, 3.05) is 36.9 Å². The van der Waals surface area contributed by atoms with Crippen LogP contribution in [0.5, 0.6) is 0 Å². The Balaban J connectivity index is 2.04. The zero-order valence-electron chi connectivity index (χ0n) is 11.9. The van der Waals surface area contributed by atoms with Gasteiger partial charge in [0.25, 0.3) is 0 Å². The van der Waals surface area contributed by atoms with Gasteiger partial charge < -0.3 is 21.5 Å². The van der Waals surface area contributed by atoms with Crippen LogP contribution in [-0.4, -0.2) is 46.9 Å². The number of amides is 1. The molecule has 0 spiro atoms. The van der Waals surface area contributed by atoms with Crippen molar-refractivity contribution in [1.29, 1.82) is 0 Å². The third-order valence-electron chi connectivity index (χ3n) is 3.37. The van der Waals surface area contributed by atoms with Crippen LogP contribution < -0.4 is 22.1 Å². The molecule has 2 heterocycles. The molecule has 0 radical (unpaired) electrons. The van der Waals surface area contributed by atoms with Crippen LogP contribution in [0.1, 0.15) is 13.8 Å². The lowest BCUT2D eigenvalue weighted by molar-refractivity contribution is -0.134. The topological polar surface area (TPSA) is 106 Å². The third kappa shape index (κ3) is 2.84. The van der Waals surface area contributed by atoms with Crippen LogP contribution in [0.15, 0.2) is 17.2 Å². The molecule has 0 bridgehead atoms. The lowest BCUT2D eigenvalue weighted by Crippen LogP contribution is -2.50. The van der Waals surface area contributed by atoms with Gasteiger partial charge in [-0.05, 0) is 12.1 Å². The number of aromatic nitrogens is 2. The number of hydrogen-bond donors (Lipinski definition) is 2. The van der Waals surface area contributed by atoms with Crippen LogP contribution in [0.2, 0.25) is 0 Å². The zero-order valence-corrected chi connectivity index (χ0v) is 11.9. The molecular formula is C12H21N7O. The average Bonchev–Trinajstić information content (AvgIpc) is 2.46. The highest BCUT2D eigenvalue weighted by molar-refractivity contribution is 5.78.